The Morgan fingerprint density at radius 3 is 2.61 bits per heavy atom. The minimum absolute atomic E-state index is 0.00883. The molecule has 1 amide bonds. The first kappa shape index (κ1) is 21.8. The van der Waals surface area contributed by atoms with Crippen LogP contribution < -0.4 is 9.46 Å². The molecule has 0 aromatic heterocycles. The summed E-state index contributed by atoms with van der Waals surface area (Å²) in [5, 5.41) is 0. The number of benzene rings is 2. The summed E-state index contributed by atoms with van der Waals surface area (Å²) < 4.78 is 50.6. The van der Waals surface area contributed by atoms with Crippen LogP contribution in [0.15, 0.2) is 53.4 Å². The lowest BCUT2D eigenvalue weighted by Gasteiger charge is -2.18. The van der Waals surface area contributed by atoms with Gasteiger partial charge in [0.2, 0.25) is 10.0 Å². The first-order chi connectivity index (χ1) is 13.3. The molecule has 2 aromatic carbocycles. The summed E-state index contributed by atoms with van der Waals surface area (Å²) in [6.45, 7) is 0.670. The maximum absolute atomic E-state index is 13.5. The third-order valence-corrected chi connectivity index (χ3v) is 5.32. The molecule has 2 aromatic rings. The molecule has 9 heteroatoms. The third kappa shape index (κ3) is 6.01. The van der Waals surface area contributed by atoms with Crippen molar-refractivity contribution >= 4 is 15.9 Å². The number of halogens is 1. The molecule has 0 atom stereocenters. The average molecular weight is 410 g/mol. The van der Waals surface area contributed by atoms with E-state index in [0.29, 0.717) is 0 Å². The van der Waals surface area contributed by atoms with Gasteiger partial charge in [0.15, 0.2) is 11.6 Å². The Hall–Kier alpha value is -2.49. The Balaban J connectivity index is 1.98. The number of nitrogens with zero attached hydrogens (tertiary/aromatic N) is 1. The summed E-state index contributed by atoms with van der Waals surface area (Å²) in [4.78, 5) is 13.9. The van der Waals surface area contributed by atoms with E-state index in [-0.39, 0.29) is 48.4 Å². The molecule has 152 valence electrons. The molecule has 28 heavy (non-hydrogen) atoms. The Kier molecular flexibility index (Phi) is 7.91. The number of carbonyl (C=O) groups excluding carboxylic acids is 1. The first-order valence-corrected chi connectivity index (χ1v) is 10.0. The standard InChI is InChI=1S/C19H23FN2O5S/c1-22(11-13-27-18-9-4-3-8-17(18)20)19(23)15-6-5-7-16(14-15)28(24,25)21-10-12-26-2/h3-9,14,21H,10-13H2,1-2H3. The van der Waals surface area contributed by atoms with E-state index in [9.17, 15) is 17.6 Å². The highest BCUT2D eigenvalue weighted by Gasteiger charge is 2.18. The number of ether oxygens (including phenoxy) is 2. The van der Waals surface area contributed by atoms with Crippen molar-refractivity contribution in [3.63, 3.8) is 0 Å². The lowest BCUT2D eigenvalue weighted by atomic mass is 10.2. The van der Waals surface area contributed by atoms with E-state index < -0.39 is 15.8 Å². The number of hydrogen-bond donors (Lipinski definition) is 1. The second kappa shape index (κ2) is 10.2. The number of nitrogens with one attached hydrogen (secondary N) is 1. The van der Waals surface area contributed by atoms with Gasteiger partial charge in [-0.15, -0.1) is 0 Å². The van der Waals surface area contributed by atoms with E-state index in [2.05, 4.69) is 4.72 Å². The fourth-order valence-corrected chi connectivity index (χ4v) is 3.39. The molecule has 2 rings (SSSR count). The summed E-state index contributed by atoms with van der Waals surface area (Å²) in [6.07, 6.45) is 0. The van der Waals surface area contributed by atoms with Crippen LogP contribution in [0.4, 0.5) is 4.39 Å². The van der Waals surface area contributed by atoms with E-state index in [1.165, 1.54) is 48.4 Å². The highest BCUT2D eigenvalue weighted by Crippen LogP contribution is 2.16. The predicted molar refractivity (Wildman–Crippen MR) is 102 cm³/mol. The van der Waals surface area contributed by atoms with E-state index in [0.717, 1.165) is 0 Å². The van der Waals surface area contributed by atoms with Gasteiger partial charge in [-0.05, 0) is 30.3 Å². The molecule has 0 radical (unpaired) electrons. The summed E-state index contributed by atoms with van der Waals surface area (Å²) >= 11 is 0. The Morgan fingerprint density at radius 2 is 1.89 bits per heavy atom. The number of rotatable bonds is 10. The quantitative estimate of drug-likeness (QED) is 0.605. The van der Waals surface area contributed by atoms with Crippen LogP contribution in [0, 0.1) is 5.82 Å². The van der Waals surface area contributed by atoms with E-state index in [1.54, 1.807) is 19.2 Å². The van der Waals surface area contributed by atoms with Crippen LogP contribution in [-0.2, 0) is 14.8 Å². The Morgan fingerprint density at radius 1 is 1.14 bits per heavy atom. The normalized spacial score (nSPS) is 11.2. The van der Waals surface area contributed by atoms with Crippen molar-refractivity contribution in [1.82, 2.24) is 9.62 Å². The zero-order chi connectivity index (χ0) is 20.6. The summed E-state index contributed by atoms with van der Waals surface area (Å²) in [5.74, 6) is -0.736. The van der Waals surface area contributed by atoms with Crippen LogP contribution in [0.1, 0.15) is 10.4 Å². The highest BCUT2D eigenvalue weighted by molar-refractivity contribution is 7.89. The van der Waals surface area contributed by atoms with Gasteiger partial charge in [-0.25, -0.2) is 17.5 Å². The van der Waals surface area contributed by atoms with Crippen LogP contribution >= 0.6 is 0 Å². The van der Waals surface area contributed by atoms with Gasteiger partial charge in [-0.3, -0.25) is 4.79 Å². The summed E-state index contributed by atoms with van der Waals surface area (Å²) in [6, 6.07) is 11.8. The zero-order valence-corrected chi connectivity index (χ0v) is 16.5. The molecular formula is C19H23FN2O5S. The molecule has 1 N–H and O–H groups in total. The average Bonchev–Trinajstić information content (AvgIpc) is 2.69. The lowest BCUT2D eigenvalue weighted by molar-refractivity contribution is 0.0772. The number of hydrogen-bond acceptors (Lipinski definition) is 5. The summed E-state index contributed by atoms with van der Waals surface area (Å²) in [7, 11) is -0.707. The molecule has 7 nitrogen and oxygen atoms in total. The number of methoxy groups -OCH3 is 1. The van der Waals surface area contributed by atoms with Crippen LogP contribution in [0.5, 0.6) is 5.75 Å². The van der Waals surface area contributed by atoms with E-state index in [4.69, 9.17) is 9.47 Å². The maximum Gasteiger partial charge on any atom is 0.253 e. The minimum atomic E-state index is -3.74. The molecule has 0 saturated carbocycles. The van der Waals surface area contributed by atoms with Crippen LogP contribution in [-0.4, -0.2) is 59.7 Å². The molecule has 0 aliphatic carbocycles. The van der Waals surface area contributed by atoms with Crippen molar-refractivity contribution in [3.8, 4) is 5.75 Å². The van der Waals surface area contributed by atoms with Gasteiger partial charge in [-0.2, -0.15) is 0 Å². The number of likely N-dealkylation sites (N-methyl/N-ethyl adjacent to an activating group) is 1. The lowest BCUT2D eigenvalue weighted by Crippen LogP contribution is -2.31. The predicted octanol–water partition coefficient (Wildman–Crippen LogP) is 1.90. The van der Waals surface area contributed by atoms with Crippen LogP contribution in [0.25, 0.3) is 0 Å². The molecule has 0 aliphatic rings. The molecule has 0 spiro atoms. The Bertz CT molecular complexity index is 905. The molecule has 0 bridgehead atoms. The van der Waals surface area contributed by atoms with Gasteiger partial charge < -0.3 is 14.4 Å². The highest BCUT2D eigenvalue weighted by atomic mass is 32.2. The van der Waals surface area contributed by atoms with Crippen molar-refractivity contribution in [2.24, 2.45) is 0 Å². The second-order valence-electron chi connectivity index (χ2n) is 5.92. The van der Waals surface area contributed by atoms with Gasteiger partial charge >= 0.3 is 0 Å². The molecule has 0 unspecified atom stereocenters. The molecule has 0 fully saturated rings. The number of sulfonamides is 1. The third-order valence-electron chi connectivity index (χ3n) is 3.86. The van der Waals surface area contributed by atoms with Crippen molar-refractivity contribution in [1.29, 1.82) is 0 Å². The van der Waals surface area contributed by atoms with Gasteiger partial charge in [0, 0.05) is 26.3 Å². The molecule has 0 aliphatic heterocycles. The van der Waals surface area contributed by atoms with Crippen LogP contribution in [0.2, 0.25) is 0 Å². The smallest absolute Gasteiger partial charge is 0.253 e. The van der Waals surface area contributed by atoms with Crippen molar-refractivity contribution in [3.05, 3.63) is 59.9 Å². The maximum atomic E-state index is 13.5. The fourth-order valence-electron chi connectivity index (χ4n) is 2.33. The van der Waals surface area contributed by atoms with Gasteiger partial charge in [0.25, 0.3) is 5.91 Å². The number of amides is 1. The van der Waals surface area contributed by atoms with Gasteiger partial charge in [0.05, 0.1) is 18.0 Å². The minimum Gasteiger partial charge on any atom is -0.489 e. The van der Waals surface area contributed by atoms with Gasteiger partial charge in [0.1, 0.15) is 6.61 Å². The largest absolute Gasteiger partial charge is 0.489 e. The number of carbonyl (C=O) groups is 1. The van der Waals surface area contributed by atoms with E-state index in [1.807, 2.05) is 0 Å². The SMILES string of the molecule is COCCNS(=O)(=O)c1cccc(C(=O)N(C)CCOc2ccccc2F)c1. The summed E-state index contributed by atoms with van der Waals surface area (Å²) in [5.41, 5.74) is 0.225. The van der Waals surface area contributed by atoms with E-state index >= 15 is 0 Å². The second-order valence-corrected chi connectivity index (χ2v) is 7.69. The molecular weight excluding hydrogens is 387 g/mol. The zero-order valence-electron chi connectivity index (χ0n) is 15.7. The van der Waals surface area contributed by atoms with Gasteiger partial charge in [-0.1, -0.05) is 18.2 Å². The van der Waals surface area contributed by atoms with Crippen molar-refractivity contribution < 1.29 is 27.1 Å². The monoisotopic (exact) mass is 410 g/mol. The van der Waals surface area contributed by atoms with Crippen LogP contribution in [0.3, 0.4) is 0 Å². The molecule has 0 heterocycles. The number of para-hydroxylation sites is 1. The van der Waals surface area contributed by atoms with Crippen molar-refractivity contribution in [2.45, 2.75) is 4.90 Å². The topological polar surface area (TPSA) is 84.9 Å². The first-order valence-electron chi connectivity index (χ1n) is 8.56. The molecule has 0 saturated heterocycles. The fraction of sp³-hybridized carbons (Fsp3) is 0.316. The Labute approximate surface area is 164 Å². The van der Waals surface area contributed by atoms with Crippen molar-refractivity contribution in [2.75, 3.05) is 40.5 Å².